The van der Waals surface area contributed by atoms with E-state index in [0.717, 1.165) is 16.1 Å². The molecule has 0 aliphatic rings. The topological polar surface area (TPSA) is 72.9 Å². The molecule has 5 nitrogen and oxygen atoms in total. The predicted octanol–water partition coefficient (Wildman–Crippen LogP) is 1.59. The van der Waals surface area contributed by atoms with Gasteiger partial charge in [0.05, 0.1) is 5.69 Å². The van der Waals surface area contributed by atoms with Crippen LogP contribution in [0.3, 0.4) is 0 Å². The zero-order valence-corrected chi connectivity index (χ0v) is 12.7. The fourth-order valence-corrected chi connectivity index (χ4v) is 2.75. The average molecular weight is 306 g/mol. The number of thiocarbonyl (C=S) groups is 1. The van der Waals surface area contributed by atoms with E-state index in [-0.39, 0.29) is 5.91 Å². The first-order valence-corrected chi connectivity index (χ1v) is 7.46. The highest BCUT2D eigenvalue weighted by atomic mass is 32.2. The van der Waals surface area contributed by atoms with E-state index < -0.39 is 0 Å². The molecule has 0 unspecified atom stereocenters. The molecule has 0 atom stereocenters. The molecule has 0 fully saturated rings. The molecule has 7 heteroatoms. The molecular weight excluding hydrogens is 292 g/mol. The Morgan fingerprint density at radius 1 is 1.45 bits per heavy atom. The Morgan fingerprint density at radius 3 is 2.80 bits per heavy atom. The number of thioether (sulfide) groups is 1. The third kappa shape index (κ3) is 2.68. The minimum Gasteiger partial charge on any atom is -0.389 e. The van der Waals surface area contributed by atoms with Gasteiger partial charge in [0.25, 0.3) is 5.91 Å². The molecule has 0 saturated heterocycles. The highest BCUT2D eigenvalue weighted by Gasteiger charge is 2.14. The third-order valence-electron chi connectivity index (χ3n) is 2.77. The van der Waals surface area contributed by atoms with E-state index >= 15 is 0 Å². The Morgan fingerprint density at radius 2 is 2.20 bits per heavy atom. The number of amides is 1. The molecule has 1 aromatic carbocycles. The van der Waals surface area contributed by atoms with E-state index in [1.165, 1.54) is 0 Å². The van der Waals surface area contributed by atoms with Gasteiger partial charge in [-0.15, -0.1) is 11.8 Å². The van der Waals surface area contributed by atoms with Gasteiger partial charge in [0, 0.05) is 23.7 Å². The number of carbonyl (C=O) groups excluding carboxylic acids is 1. The molecule has 0 radical (unpaired) electrons. The molecular formula is C13H14N4OS2. The number of hydrogen-bond acceptors (Lipinski definition) is 4. The van der Waals surface area contributed by atoms with Crippen LogP contribution in [-0.4, -0.2) is 34.0 Å². The summed E-state index contributed by atoms with van der Waals surface area (Å²) in [6.45, 7) is 0. The van der Waals surface area contributed by atoms with Gasteiger partial charge in [0.2, 0.25) is 0 Å². The number of rotatable bonds is 4. The number of aromatic nitrogens is 2. The van der Waals surface area contributed by atoms with Gasteiger partial charge in [-0.25, -0.2) is 4.68 Å². The number of nitrogens with one attached hydrogen (secondary N) is 1. The normalized spacial score (nSPS) is 10.3. The lowest BCUT2D eigenvalue weighted by Crippen LogP contribution is -2.19. The summed E-state index contributed by atoms with van der Waals surface area (Å²) < 4.78 is 1.61. The first-order chi connectivity index (χ1) is 9.58. The maximum atomic E-state index is 11.6. The van der Waals surface area contributed by atoms with Gasteiger partial charge in [-0.1, -0.05) is 18.3 Å². The van der Waals surface area contributed by atoms with Gasteiger partial charge < -0.3 is 11.1 Å². The Hall–Kier alpha value is -1.86. The quantitative estimate of drug-likeness (QED) is 0.663. The van der Waals surface area contributed by atoms with E-state index in [9.17, 15) is 4.79 Å². The predicted molar refractivity (Wildman–Crippen MR) is 84.6 cm³/mol. The van der Waals surface area contributed by atoms with E-state index in [4.69, 9.17) is 18.0 Å². The molecule has 1 aromatic heterocycles. The van der Waals surface area contributed by atoms with Gasteiger partial charge in [-0.05, 0) is 24.5 Å². The van der Waals surface area contributed by atoms with Gasteiger partial charge in [0.1, 0.15) is 4.99 Å². The SMILES string of the molecule is CNC(=O)c1ccn(-c2cccc(SC)c2C(N)=S)n1. The van der Waals surface area contributed by atoms with Crippen LogP contribution >= 0.6 is 24.0 Å². The van der Waals surface area contributed by atoms with Crippen molar-refractivity contribution in [2.24, 2.45) is 5.73 Å². The van der Waals surface area contributed by atoms with Crippen molar-refractivity contribution >= 4 is 34.9 Å². The molecule has 2 aromatic rings. The van der Waals surface area contributed by atoms with Crippen LogP contribution in [0.25, 0.3) is 5.69 Å². The van der Waals surface area contributed by atoms with Crippen molar-refractivity contribution in [3.8, 4) is 5.69 Å². The number of hydrogen-bond donors (Lipinski definition) is 2. The molecule has 3 N–H and O–H groups in total. The Kier molecular flexibility index (Phi) is 4.41. The Labute approximate surface area is 126 Å². The van der Waals surface area contributed by atoms with Crippen molar-refractivity contribution in [3.63, 3.8) is 0 Å². The van der Waals surface area contributed by atoms with E-state index in [1.54, 1.807) is 35.8 Å². The molecule has 0 aliphatic carbocycles. The summed E-state index contributed by atoms with van der Waals surface area (Å²) in [5, 5.41) is 6.79. The van der Waals surface area contributed by atoms with Crippen LogP contribution in [0.4, 0.5) is 0 Å². The second kappa shape index (κ2) is 6.06. The summed E-state index contributed by atoms with van der Waals surface area (Å²) in [6, 6.07) is 7.37. The van der Waals surface area contributed by atoms with Crippen LogP contribution in [0.5, 0.6) is 0 Å². The molecule has 1 heterocycles. The lowest BCUT2D eigenvalue weighted by molar-refractivity contribution is 0.0957. The fraction of sp³-hybridized carbons (Fsp3) is 0.154. The summed E-state index contributed by atoms with van der Waals surface area (Å²) in [5.41, 5.74) is 7.69. The molecule has 1 amide bonds. The van der Waals surface area contributed by atoms with Crippen molar-refractivity contribution in [1.82, 2.24) is 15.1 Å². The summed E-state index contributed by atoms with van der Waals surface area (Å²) in [6.07, 6.45) is 3.67. The van der Waals surface area contributed by atoms with Crippen LogP contribution in [0.15, 0.2) is 35.4 Å². The smallest absolute Gasteiger partial charge is 0.271 e. The second-order valence-corrected chi connectivity index (χ2v) is 5.23. The summed E-state index contributed by atoms with van der Waals surface area (Å²) in [7, 11) is 1.57. The first kappa shape index (κ1) is 14.5. The van der Waals surface area contributed by atoms with Gasteiger partial charge in [0.15, 0.2) is 5.69 Å². The number of nitrogens with two attached hydrogens (primary N) is 1. The number of benzene rings is 1. The van der Waals surface area contributed by atoms with E-state index in [0.29, 0.717) is 10.7 Å². The van der Waals surface area contributed by atoms with Crippen LogP contribution in [-0.2, 0) is 0 Å². The minimum atomic E-state index is -0.235. The molecule has 20 heavy (non-hydrogen) atoms. The van der Waals surface area contributed by atoms with Crippen LogP contribution < -0.4 is 11.1 Å². The van der Waals surface area contributed by atoms with Crippen molar-refractivity contribution in [3.05, 3.63) is 41.7 Å². The van der Waals surface area contributed by atoms with Crippen molar-refractivity contribution < 1.29 is 4.79 Å². The number of carbonyl (C=O) groups is 1. The average Bonchev–Trinajstić information content (AvgIpc) is 2.95. The van der Waals surface area contributed by atoms with Crippen molar-refractivity contribution in [1.29, 1.82) is 0 Å². The van der Waals surface area contributed by atoms with Gasteiger partial charge >= 0.3 is 0 Å². The van der Waals surface area contributed by atoms with E-state index in [2.05, 4.69) is 10.4 Å². The third-order valence-corrected chi connectivity index (χ3v) is 3.75. The molecule has 104 valence electrons. The Balaban J connectivity index is 2.55. The van der Waals surface area contributed by atoms with Crippen LogP contribution in [0.1, 0.15) is 16.1 Å². The molecule has 0 bridgehead atoms. The molecule has 0 spiro atoms. The van der Waals surface area contributed by atoms with Gasteiger partial charge in [-0.2, -0.15) is 5.10 Å². The first-order valence-electron chi connectivity index (χ1n) is 5.83. The minimum absolute atomic E-state index is 0.235. The summed E-state index contributed by atoms with van der Waals surface area (Å²) in [4.78, 5) is 12.8. The van der Waals surface area contributed by atoms with Crippen LogP contribution in [0, 0.1) is 0 Å². The van der Waals surface area contributed by atoms with Gasteiger partial charge in [-0.3, -0.25) is 4.79 Å². The number of nitrogens with zero attached hydrogens (tertiary/aromatic N) is 2. The summed E-state index contributed by atoms with van der Waals surface area (Å²) in [5.74, 6) is -0.235. The Bertz CT molecular complexity index is 666. The van der Waals surface area contributed by atoms with E-state index in [1.807, 2.05) is 24.5 Å². The highest BCUT2D eigenvalue weighted by Crippen LogP contribution is 2.26. The van der Waals surface area contributed by atoms with Crippen molar-refractivity contribution in [2.75, 3.05) is 13.3 Å². The lowest BCUT2D eigenvalue weighted by atomic mass is 10.2. The zero-order valence-electron chi connectivity index (χ0n) is 11.1. The zero-order chi connectivity index (χ0) is 14.7. The van der Waals surface area contributed by atoms with Crippen molar-refractivity contribution in [2.45, 2.75) is 4.90 Å². The van der Waals surface area contributed by atoms with Crippen LogP contribution in [0.2, 0.25) is 0 Å². The largest absolute Gasteiger partial charge is 0.389 e. The molecule has 0 aliphatic heterocycles. The second-order valence-electron chi connectivity index (χ2n) is 3.94. The maximum absolute atomic E-state index is 11.6. The fourth-order valence-electron chi connectivity index (χ4n) is 1.84. The standard InChI is InChI=1S/C13H14N4OS2/c1-15-13(18)8-6-7-17(16-8)9-4-3-5-10(20-2)11(9)12(14)19/h3-7H,1-2H3,(H2,14,19)(H,15,18). The molecule has 2 rings (SSSR count). The molecule has 0 saturated carbocycles. The monoisotopic (exact) mass is 306 g/mol. The summed E-state index contributed by atoms with van der Waals surface area (Å²) >= 11 is 6.69. The lowest BCUT2D eigenvalue weighted by Gasteiger charge is -2.12. The maximum Gasteiger partial charge on any atom is 0.271 e. The highest BCUT2D eigenvalue weighted by molar-refractivity contribution is 7.98.